The standard InChI is InChI=1S/C20H23ClN4O2/c1-22-20(27)15-4-2-6-17(12-15)23-19(26)14-24-8-10-25(11-9-24)18-7-3-5-16(21)13-18/h2-7,12-13H,8-11,14H2,1H3,(H,22,27)(H,23,26). The van der Waals surface area contributed by atoms with Crippen LogP contribution in [0.1, 0.15) is 10.4 Å². The topological polar surface area (TPSA) is 64.7 Å². The van der Waals surface area contributed by atoms with Gasteiger partial charge in [-0.3, -0.25) is 14.5 Å². The number of benzene rings is 2. The first-order valence-corrected chi connectivity index (χ1v) is 9.28. The summed E-state index contributed by atoms with van der Waals surface area (Å²) in [7, 11) is 1.58. The third kappa shape index (κ3) is 5.21. The zero-order chi connectivity index (χ0) is 19.2. The average Bonchev–Trinajstić information content (AvgIpc) is 2.68. The molecule has 0 spiro atoms. The number of carbonyl (C=O) groups excluding carboxylic acids is 2. The number of nitrogens with zero attached hydrogens (tertiary/aromatic N) is 2. The Labute approximate surface area is 164 Å². The molecule has 0 bridgehead atoms. The Bertz CT molecular complexity index is 819. The summed E-state index contributed by atoms with van der Waals surface area (Å²) in [6.45, 7) is 3.63. The molecular formula is C20H23ClN4O2. The molecule has 2 aromatic rings. The van der Waals surface area contributed by atoms with Crippen molar-refractivity contribution in [1.29, 1.82) is 0 Å². The van der Waals surface area contributed by atoms with E-state index in [-0.39, 0.29) is 11.8 Å². The molecule has 1 heterocycles. The summed E-state index contributed by atoms with van der Waals surface area (Å²) in [5.41, 5.74) is 2.25. The lowest BCUT2D eigenvalue weighted by atomic mass is 10.2. The molecule has 142 valence electrons. The lowest BCUT2D eigenvalue weighted by molar-refractivity contribution is -0.117. The lowest BCUT2D eigenvalue weighted by Gasteiger charge is -2.35. The zero-order valence-electron chi connectivity index (χ0n) is 15.2. The van der Waals surface area contributed by atoms with Crippen LogP contribution in [0.15, 0.2) is 48.5 Å². The highest BCUT2D eigenvalue weighted by Crippen LogP contribution is 2.20. The van der Waals surface area contributed by atoms with Crippen LogP contribution in [0.2, 0.25) is 5.02 Å². The molecular weight excluding hydrogens is 364 g/mol. The van der Waals surface area contributed by atoms with E-state index in [9.17, 15) is 9.59 Å². The highest BCUT2D eigenvalue weighted by molar-refractivity contribution is 6.30. The number of rotatable bonds is 5. The van der Waals surface area contributed by atoms with Crippen molar-refractivity contribution in [2.75, 3.05) is 50.0 Å². The monoisotopic (exact) mass is 386 g/mol. The second-order valence-corrected chi connectivity index (χ2v) is 6.89. The van der Waals surface area contributed by atoms with Crippen LogP contribution in [0.3, 0.4) is 0 Å². The van der Waals surface area contributed by atoms with Crippen molar-refractivity contribution in [1.82, 2.24) is 10.2 Å². The number of hydrogen-bond donors (Lipinski definition) is 2. The van der Waals surface area contributed by atoms with Gasteiger partial charge < -0.3 is 15.5 Å². The SMILES string of the molecule is CNC(=O)c1cccc(NC(=O)CN2CCN(c3cccc(Cl)c3)CC2)c1. The minimum absolute atomic E-state index is 0.0831. The van der Waals surface area contributed by atoms with Gasteiger partial charge in [0.05, 0.1) is 6.54 Å². The molecule has 1 saturated heterocycles. The van der Waals surface area contributed by atoms with E-state index in [4.69, 9.17) is 11.6 Å². The molecule has 0 radical (unpaired) electrons. The molecule has 0 atom stereocenters. The first-order valence-electron chi connectivity index (χ1n) is 8.90. The molecule has 0 unspecified atom stereocenters. The van der Waals surface area contributed by atoms with Gasteiger partial charge in [0.15, 0.2) is 0 Å². The van der Waals surface area contributed by atoms with Gasteiger partial charge in [-0.1, -0.05) is 23.7 Å². The highest BCUT2D eigenvalue weighted by Gasteiger charge is 2.19. The highest BCUT2D eigenvalue weighted by atomic mass is 35.5. The van der Waals surface area contributed by atoms with E-state index in [1.807, 2.05) is 24.3 Å². The molecule has 7 heteroatoms. The number of halogens is 1. The second kappa shape index (κ2) is 8.88. The van der Waals surface area contributed by atoms with Crippen LogP contribution >= 0.6 is 11.6 Å². The van der Waals surface area contributed by atoms with Crippen molar-refractivity contribution in [2.45, 2.75) is 0 Å². The van der Waals surface area contributed by atoms with E-state index in [1.54, 1.807) is 31.3 Å². The molecule has 1 aliphatic heterocycles. The summed E-state index contributed by atoms with van der Waals surface area (Å²) < 4.78 is 0. The van der Waals surface area contributed by atoms with Crippen LogP contribution in [-0.4, -0.2) is 56.5 Å². The van der Waals surface area contributed by atoms with Crippen LogP contribution < -0.4 is 15.5 Å². The van der Waals surface area contributed by atoms with Crippen molar-refractivity contribution < 1.29 is 9.59 Å². The molecule has 2 amide bonds. The molecule has 1 fully saturated rings. The third-order valence-electron chi connectivity index (χ3n) is 4.55. The third-order valence-corrected chi connectivity index (χ3v) is 4.78. The van der Waals surface area contributed by atoms with E-state index < -0.39 is 0 Å². The van der Waals surface area contributed by atoms with E-state index >= 15 is 0 Å². The smallest absolute Gasteiger partial charge is 0.251 e. The first kappa shape index (κ1) is 19.2. The number of piperazine rings is 1. The molecule has 2 aromatic carbocycles. The molecule has 1 aliphatic rings. The Morgan fingerprint density at radius 2 is 1.78 bits per heavy atom. The van der Waals surface area contributed by atoms with Gasteiger partial charge in [-0.2, -0.15) is 0 Å². The van der Waals surface area contributed by atoms with Gasteiger partial charge >= 0.3 is 0 Å². The molecule has 2 N–H and O–H groups in total. The Balaban J connectivity index is 1.50. The fourth-order valence-corrected chi connectivity index (χ4v) is 3.31. The van der Waals surface area contributed by atoms with Gasteiger partial charge in [-0.25, -0.2) is 0 Å². The van der Waals surface area contributed by atoms with Gasteiger partial charge in [-0.05, 0) is 36.4 Å². The maximum Gasteiger partial charge on any atom is 0.251 e. The fourth-order valence-electron chi connectivity index (χ4n) is 3.12. The number of hydrogen-bond acceptors (Lipinski definition) is 4. The van der Waals surface area contributed by atoms with Crippen molar-refractivity contribution in [3.05, 3.63) is 59.1 Å². The van der Waals surface area contributed by atoms with Crippen LogP contribution in [0, 0.1) is 0 Å². The molecule has 0 saturated carbocycles. The summed E-state index contributed by atoms with van der Waals surface area (Å²) >= 11 is 6.06. The summed E-state index contributed by atoms with van der Waals surface area (Å²) in [5, 5.41) is 6.17. The van der Waals surface area contributed by atoms with Crippen LogP contribution in [-0.2, 0) is 4.79 Å². The summed E-state index contributed by atoms with van der Waals surface area (Å²) in [4.78, 5) is 28.4. The summed E-state index contributed by atoms with van der Waals surface area (Å²) in [5.74, 6) is -0.261. The van der Waals surface area contributed by atoms with E-state index in [0.29, 0.717) is 17.8 Å². The molecule has 0 aliphatic carbocycles. The van der Waals surface area contributed by atoms with Crippen LogP contribution in [0.25, 0.3) is 0 Å². The van der Waals surface area contributed by atoms with Gasteiger partial charge in [-0.15, -0.1) is 0 Å². The van der Waals surface area contributed by atoms with Crippen molar-refractivity contribution in [3.8, 4) is 0 Å². The maximum absolute atomic E-state index is 12.3. The van der Waals surface area contributed by atoms with Crippen molar-refractivity contribution >= 4 is 34.8 Å². The Hall–Kier alpha value is -2.57. The van der Waals surface area contributed by atoms with Crippen molar-refractivity contribution in [3.63, 3.8) is 0 Å². The predicted octanol–water partition coefficient (Wildman–Crippen LogP) is 2.46. The van der Waals surface area contributed by atoms with Crippen molar-refractivity contribution in [2.24, 2.45) is 0 Å². The Morgan fingerprint density at radius 1 is 1.04 bits per heavy atom. The first-order chi connectivity index (χ1) is 13.0. The van der Waals surface area contributed by atoms with E-state index in [1.165, 1.54) is 0 Å². The zero-order valence-corrected chi connectivity index (χ0v) is 16.0. The van der Waals surface area contributed by atoms with Crippen LogP contribution in [0.5, 0.6) is 0 Å². The minimum Gasteiger partial charge on any atom is -0.369 e. The normalized spacial score (nSPS) is 14.7. The minimum atomic E-state index is -0.178. The number of amides is 2. The summed E-state index contributed by atoms with van der Waals surface area (Å²) in [6, 6.07) is 14.7. The largest absolute Gasteiger partial charge is 0.369 e. The maximum atomic E-state index is 12.3. The Morgan fingerprint density at radius 3 is 2.48 bits per heavy atom. The molecule has 6 nitrogen and oxygen atoms in total. The lowest BCUT2D eigenvalue weighted by Crippen LogP contribution is -2.48. The van der Waals surface area contributed by atoms with E-state index in [2.05, 4.69) is 20.4 Å². The quantitative estimate of drug-likeness (QED) is 0.828. The Kier molecular flexibility index (Phi) is 6.32. The van der Waals surface area contributed by atoms with Gasteiger partial charge in [0.25, 0.3) is 5.91 Å². The summed E-state index contributed by atoms with van der Waals surface area (Å²) in [6.07, 6.45) is 0. The van der Waals surface area contributed by atoms with Gasteiger partial charge in [0.2, 0.25) is 5.91 Å². The molecule has 27 heavy (non-hydrogen) atoms. The van der Waals surface area contributed by atoms with Crippen LogP contribution in [0.4, 0.5) is 11.4 Å². The molecule has 3 rings (SSSR count). The predicted molar refractivity (Wildman–Crippen MR) is 109 cm³/mol. The van der Waals surface area contributed by atoms with Gasteiger partial charge in [0, 0.05) is 55.2 Å². The van der Waals surface area contributed by atoms with E-state index in [0.717, 1.165) is 36.9 Å². The van der Waals surface area contributed by atoms with Gasteiger partial charge in [0.1, 0.15) is 0 Å². The number of nitrogens with one attached hydrogen (secondary N) is 2. The second-order valence-electron chi connectivity index (χ2n) is 6.45. The molecule has 0 aromatic heterocycles. The average molecular weight is 387 g/mol. The number of carbonyl (C=O) groups is 2. The number of anilines is 2. The fraction of sp³-hybridized carbons (Fsp3) is 0.300.